The molecule has 0 aliphatic carbocycles. The molecule has 1 saturated heterocycles. The number of rotatable bonds is 6. The number of aromatic amines is 1. The maximum absolute atomic E-state index is 12.3. The van der Waals surface area contributed by atoms with Gasteiger partial charge in [0.25, 0.3) is 5.91 Å². The summed E-state index contributed by atoms with van der Waals surface area (Å²) in [4.78, 5) is 35.3. The highest BCUT2D eigenvalue weighted by Crippen LogP contribution is 2.17. The summed E-state index contributed by atoms with van der Waals surface area (Å²) in [7, 11) is 0. The number of aryl methyl sites for hydroxylation is 1. The Balaban J connectivity index is 2.08. The molecule has 1 amide bonds. The molecule has 3 rings (SSSR count). The number of nitrogens with zero attached hydrogens (tertiary/aromatic N) is 3. The van der Waals surface area contributed by atoms with E-state index in [1.54, 1.807) is 0 Å². The van der Waals surface area contributed by atoms with Crippen molar-refractivity contribution in [2.45, 2.75) is 51.7 Å². The van der Waals surface area contributed by atoms with Crippen LogP contribution in [0.3, 0.4) is 0 Å². The second-order valence-corrected chi connectivity index (χ2v) is 5.83. The van der Waals surface area contributed by atoms with Crippen LogP contribution in [0.4, 0.5) is 0 Å². The van der Waals surface area contributed by atoms with Crippen LogP contribution >= 0.6 is 0 Å². The van der Waals surface area contributed by atoms with Gasteiger partial charge in [0.2, 0.25) is 0 Å². The number of hydrogen-bond acceptors (Lipinski definition) is 5. The van der Waals surface area contributed by atoms with Crippen LogP contribution in [0.15, 0.2) is 4.79 Å². The van der Waals surface area contributed by atoms with Crippen molar-refractivity contribution in [2.75, 3.05) is 6.61 Å². The lowest BCUT2D eigenvalue weighted by Gasteiger charge is -2.10. The molecule has 8 heteroatoms. The topological polar surface area (TPSA) is 116 Å². The summed E-state index contributed by atoms with van der Waals surface area (Å²) >= 11 is 0. The zero-order valence-electron chi connectivity index (χ0n) is 13.2. The van der Waals surface area contributed by atoms with E-state index in [0.29, 0.717) is 36.6 Å². The van der Waals surface area contributed by atoms with Gasteiger partial charge in [-0.05, 0) is 19.3 Å². The van der Waals surface area contributed by atoms with E-state index in [1.165, 1.54) is 4.57 Å². The largest absolute Gasteiger partial charge is 0.376 e. The summed E-state index contributed by atoms with van der Waals surface area (Å²) < 4.78 is 7.12. The molecule has 0 spiro atoms. The van der Waals surface area contributed by atoms with Crippen LogP contribution in [-0.4, -0.2) is 38.1 Å². The third-order valence-electron chi connectivity index (χ3n) is 4.07. The number of unbranched alkanes of at least 4 members (excludes halogenated alkanes) is 1. The van der Waals surface area contributed by atoms with E-state index < -0.39 is 5.91 Å². The van der Waals surface area contributed by atoms with Gasteiger partial charge in [0, 0.05) is 13.0 Å². The second-order valence-electron chi connectivity index (χ2n) is 5.83. The number of H-pyrrole nitrogens is 1. The van der Waals surface area contributed by atoms with Gasteiger partial charge >= 0.3 is 5.69 Å². The molecule has 124 valence electrons. The van der Waals surface area contributed by atoms with E-state index in [2.05, 4.69) is 21.9 Å². The fraction of sp³-hybridized carbons (Fsp3) is 0.600. The van der Waals surface area contributed by atoms with E-state index in [1.807, 2.05) is 0 Å². The first-order chi connectivity index (χ1) is 11.1. The zero-order chi connectivity index (χ0) is 16.4. The summed E-state index contributed by atoms with van der Waals surface area (Å²) in [5.41, 5.74) is 5.91. The average Bonchev–Trinajstić information content (AvgIpc) is 3.14. The first kappa shape index (κ1) is 15.7. The van der Waals surface area contributed by atoms with Gasteiger partial charge in [-0.3, -0.25) is 9.36 Å². The molecule has 0 bridgehead atoms. The van der Waals surface area contributed by atoms with Crippen molar-refractivity contribution in [1.82, 2.24) is 19.5 Å². The average molecular weight is 319 g/mol. The number of imidazole rings is 1. The number of nitrogens with two attached hydrogens (primary N) is 1. The van der Waals surface area contributed by atoms with E-state index in [9.17, 15) is 9.59 Å². The lowest BCUT2D eigenvalue weighted by Crippen LogP contribution is -2.24. The number of amides is 1. The van der Waals surface area contributed by atoms with Gasteiger partial charge in [0.15, 0.2) is 11.3 Å². The molecular weight excluding hydrogens is 298 g/mol. The van der Waals surface area contributed by atoms with Crippen molar-refractivity contribution >= 4 is 17.1 Å². The molecular formula is C15H21N5O3. The van der Waals surface area contributed by atoms with Crippen LogP contribution in [0.2, 0.25) is 0 Å². The fourth-order valence-electron chi connectivity index (χ4n) is 2.86. The number of carbonyl (C=O) groups is 1. The van der Waals surface area contributed by atoms with Crippen molar-refractivity contribution in [1.29, 1.82) is 0 Å². The number of carbonyl (C=O) groups excluding carboxylic acids is 1. The number of ether oxygens (including phenoxy) is 1. The van der Waals surface area contributed by atoms with Gasteiger partial charge < -0.3 is 15.5 Å². The molecule has 1 aliphatic rings. The van der Waals surface area contributed by atoms with E-state index in [0.717, 1.165) is 25.7 Å². The normalized spacial score (nSPS) is 17.9. The number of nitrogens with one attached hydrogen (secondary N) is 1. The van der Waals surface area contributed by atoms with Crippen molar-refractivity contribution in [3.05, 3.63) is 22.0 Å². The Bertz CT molecular complexity index is 773. The third kappa shape index (κ3) is 3.12. The molecule has 0 aromatic carbocycles. The number of primary amides is 1. The quantitative estimate of drug-likeness (QED) is 0.814. The standard InChI is InChI=1S/C15H21N5O3/c1-2-3-6-10-17-11(13(16)21)12-14(18-10)20(15(22)19-12)8-9-5-4-7-23-9/h9H,2-8H2,1H3,(H2,16,21)(H,19,22). The van der Waals surface area contributed by atoms with Gasteiger partial charge in [-0.25, -0.2) is 14.8 Å². The molecule has 1 aliphatic heterocycles. The second kappa shape index (κ2) is 6.49. The summed E-state index contributed by atoms with van der Waals surface area (Å²) in [5.74, 6) is -0.131. The highest BCUT2D eigenvalue weighted by atomic mass is 16.5. The Hall–Kier alpha value is -2.22. The highest BCUT2D eigenvalue weighted by Gasteiger charge is 2.22. The predicted octanol–water partition coefficient (Wildman–Crippen LogP) is 0.740. The lowest BCUT2D eigenvalue weighted by atomic mass is 10.2. The van der Waals surface area contributed by atoms with Crippen molar-refractivity contribution in [2.24, 2.45) is 5.73 Å². The highest BCUT2D eigenvalue weighted by molar-refractivity contribution is 6.01. The molecule has 23 heavy (non-hydrogen) atoms. The summed E-state index contributed by atoms with van der Waals surface area (Å²) in [6.07, 6.45) is 4.44. The molecule has 0 saturated carbocycles. The van der Waals surface area contributed by atoms with Crippen molar-refractivity contribution in [3.8, 4) is 0 Å². The molecule has 3 N–H and O–H groups in total. The van der Waals surface area contributed by atoms with Gasteiger partial charge in [0.1, 0.15) is 11.3 Å². The molecule has 1 unspecified atom stereocenters. The molecule has 1 fully saturated rings. The first-order valence-corrected chi connectivity index (χ1v) is 8.01. The molecule has 1 atom stereocenters. The van der Waals surface area contributed by atoms with Crippen molar-refractivity contribution < 1.29 is 9.53 Å². The molecule has 8 nitrogen and oxygen atoms in total. The predicted molar refractivity (Wildman–Crippen MR) is 84.3 cm³/mol. The number of fused-ring (bicyclic) bond motifs is 1. The minimum Gasteiger partial charge on any atom is -0.376 e. The molecule has 2 aromatic rings. The fourth-order valence-corrected chi connectivity index (χ4v) is 2.86. The number of aromatic nitrogens is 4. The Morgan fingerprint density at radius 1 is 1.48 bits per heavy atom. The zero-order valence-corrected chi connectivity index (χ0v) is 13.2. The van der Waals surface area contributed by atoms with E-state index >= 15 is 0 Å². The van der Waals surface area contributed by atoms with Crippen LogP contribution in [0, 0.1) is 0 Å². The van der Waals surface area contributed by atoms with Crippen LogP contribution in [0.1, 0.15) is 48.9 Å². The van der Waals surface area contributed by atoms with E-state index in [4.69, 9.17) is 10.5 Å². The Labute approximate surface area is 133 Å². The van der Waals surface area contributed by atoms with Gasteiger partial charge in [-0.2, -0.15) is 0 Å². The number of hydrogen-bond donors (Lipinski definition) is 2. The van der Waals surface area contributed by atoms with Crippen molar-refractivity contribution in [3.63, 3.8) is 0 Å². The van der Waals surface area contributed by atoms with Gasteiger partial charge in [-0.15, -0.1) is 0 Å². The van der Waals surface area contributed by atoms with Crippen LogP contribution in [0.5, 0.6) is 0 Å². The monoisotopic (exact) mass is 319 g/mol. The van der Waals surface area contributed by atoms with Gasteiger partial charge in [-0.1, -0.05) is 13.3 Å². The molecule has 3 heterocycles. The smallest absolute Gasteiger partial charge is 0.327 e. The van der Waals surface area contributed by atoms with Crippen LogP contribution in [0.25, 0.3) is 11.2 Å². The third-order valence-corrected chi connectivity index (χ3v) is 4.07. The minimum absolute atomic E-state index is 0.00205. The Morgan fingerprint density at radius 2 is 2.30 bits per heavy atom. The lowest BCUT2D eigenvalue weighted by molar-refractivity contribution is 0.0970. The minimum atomic E-state index is -0.666. The van der Waals surface area contributed by atoms with Gasteiger partial charge in [0.05, 0.1) is 12.6 Å². The molecule has 2 aromatic heterocycles. The van der Waals surface area contributed by atoms with E-state index in [-0.39, 0.29) is 17.5 Å². The Kier molecular flexibility index (Phi) is 4.42. The molecule has 0 radical (unpaired) electrons. The van der Waals surface area contributed by atoms with Crippen LogP contribution in [-0.2, 0) is 17.7 Å². The summed E-state index contributed by atoms with van der Waals surface area (Å²) in [5, 5.41) is 0. The summed E-state index contributed by atoms with van der Waals surface area (Å²) in [6.45, 7) is 3.20. The first-order valence-electron chi connectivity index (χ1n) is 8.01. The maximum Gasteiger partial charge on any atom is 0.327 e. The van der Waals surface area contributed by atoms with Crippen LogP contribution < -0.4 is 11.4 Å². The Morgan fingerprint density at radius 3 is 2.96 bits per heavy atom. The maximum atomic E-state index is 12.3. The summed E-state index contributed by atoms with van der Waals surface area (Å²) in [6, 6.07) is 0. The SMILES string of the molecule is CCCCc1nc(C(N)=O)c2[nH]c(=O)n(CC3CCCO3)c2n1.